The fraction of sp³-hybridized carbons (Fsp3) is 0. The molecule has 0 saturated heterocycles. The molecular formula is C13H9BFN2S+. The summed E-state index contributed by atoms with van der Waals surface area (Å²) in [7, 11) is -1.15. The number of allylic oxidation sites excluding steroid dienone is 2. The number of aromatic nitrogens is 1. The molecule has 0 bridgehead atoms. The maximum absolute atomic E-state index is 14.4. The van der Waals surface area contributed by atoms with Gasteiger partial charge in [-0.25, -0.2) is 8.80 Å². The zero-order valence-electron chi connectivity index (χ0n) is 9.45. The van der Waals surface area contributed by atoms with E-state index in [1.165, 1.54) is 4.88 Å². The van der Waals surface area contributed by atoms with Crippen LogP contribution in [0.2, 0.25) is 0 Å². The molecule has 2 aliphatic rings. The Balaban J connectivity index is 2.07. The van der Waals surface area contributed by atoms with Crippen molar-refractivity contribution < 1.29 is 8.80 Å². The van der Waals surface area contributed by atoms with Crippen LogP contribution in [0.1, 0.15) is 10.6 Å². The first-order valence-corrected chi connectivity index (χ1v) is 6.63. The maximum atomic E-state index is 14.4. The van der Waals surface area contributed by atoms with Gasteiger partial charge in [-0.3, -0.25) is 4.48 Å². The van der Waals surface area contributed by atoms with Gasteiger partial charge in [-0.05, 0) is 23.6 Å². The Morgan fingerprint density at radius 2 is 2.22 bits per heavy atom. The predicted molar refractivity (Wildman–Crippen MR) is 72.5 cm³/mol. The molecule has 0 amide bonds. The normalized spacial score (nSPS) is 16.9. The molecule has 0 fully saturated rings. The minimum Gasteiger partial charge on any atom is -0.293 e. The minimum absolute atomic E-state index is 0.941. The van der Waals surface area contributed by atoms with E-state index in [0.717, 1.165) is 17.0 Å². The monoisotopic (exact) mass is 255 g/mol. The van der Waals surface area contributed by atoms with Gasteiger partial charge in [-0.2, -0.15) is 0 Å². The lowest BCUT2D eigenvalue weighted by atomic mass is 9.93. The first kappa shape index (κ1) is 10.1. The highest BCUT2D eigenvalue weighted by Gasteiger charge is 2.46. The molecule has 0 aliphatic carbocycles. The molecular weight excluding hydrogens is 246 g/mol. The van der Waals surface area contributed by atoms with E-state index in [-0.39, 0.29) is 0 Å². The van der Waals surface area contributed by atoms with Gasteiger partial charge in [0, 0.05) is 23.2 Å². The zero-order chi connectivity index (χ0) is 12.1. The predicted octanol–water partition coefficient (Wildman–Crippen LogP) is 2.78. The van der Waals surface area contributed by atoms with Crippen molar-refractivity contribution >= 4 is 30.4 Å². The molecule has 0 N–H and O–H groups in total. The van der Waals surface area contributed by atoms with E-state index in [4.69, 9.17) is 0 Å². The number of fused-ring (bicyclic) bond motifs is 2. The molecule has 86 valence electrons. The number of nitrogens with zero attached hydrogens (tertiary/aromatic N) is 2. The Hall–Kier alpha value is -1.88. The summed E-state index contributed by atoms with van der Waals surface area (Å²) in [4.78, 5) is 1.17. The van der Waals surface area contributed by atoms with E-state index in [1.54, 1.807) is 32.7 Å². The molecule has 4 rings (SSSR count). The number of rotatable bonds is 1. The van der Waals surface area contributed by atoms with Crippen molar-refractivity contribution in [3.05, 3.63) is 64.3 Å². The molecule has 18 heavy (non-hydrogen) atoms. The number of hydrogen-bond donors (Lipinski definition) is 0. The largest absolute Gasteiger partial charge is 0.845 e. The molecule has 0 radical (unpaired) electrons. The van der Waals surface area contributed by atoms with Crippen LogP contribution in [0.15, 0.2) is 53.7 Å². The van der Waals surface area contributed by atoms with E-state index >= 15 is 0 Å². The summed E-state index contributed by atoms with van der Waals surface area (Å²) < 4.78 is 17.7. The van der Waals surface area contributed by atoms with Crippen molar-refractivity contribution in [2.24, 2.45) is 0 Å². The fourth-order valence-corrected chi connectivity index (χ4v) is 3.31. The molecule has 0 unspecified atom stereocenters. The van der Waals surface area contributed by atoms with Crippen LogP contribution in [-0.4, -0.2) is 22.4 Å². The van der Waals surface area contributed by atoms with Crippen LogP contribution in [0.3, 0.4) is 0 Å². The Labute approximate surface area is 108 Å². The van der Waals surface area contributed by atoms with Gasteiger partial charge in [0.1, 0.15) is 6.21 Å². The Bertz CT molecular complexity index is 709. The van der Waals surface area contributed by atoms with E-state index in [2.05, 4.69) is 6.07 Å². The van der Waals surface area contributed by atoms with E-state index < -0.39 is 7.26 Å². The second-order valence-electron chi connectivity index (χ2n) is 4.26. The molecule has 2 aromatic heterocycles. The molecule has 2 aliphatic heterocycles. The van der Waals surface area contributed by atoms with Crippen LogP contribution < -0.4 is 0 Å². The third kappa shape index (κ3) is 1.19. The van der Waals surface area contributed by atoms with Gasteiger partial charge >= 0.3 is 7.26 Å². The van der Waals surface area contributed by atoms with E-state index in [0.29, 0.717) is 0 Å². The zero-order valence-corrected chi connectivity index (χ0v) is 10.3. The smallest absolute Gasteiger partial charge is 0.293 e. The molecule has 0 atom stereocenters. The number of thiophene rings is 1. The first-order valence-electron chi connectivity index (χ1n) is 5.75. The lowest BCUT2D eigenvalue weighted by Crippen LogP contribution is -2.37. The Kier molecular flexibility index (Phi) is 1.99. The third-order valence-corrected chi connectivity index (χ3v) is 4.18. The summed E-state index contributed by atoms with van der Waals surface area (Å²) in [5.74, 6) is 0. The highest BCUT2D eigenvalue weighted by Crippen LogP contribution is 2.36. The number of halogens is 1. The van der Waals surface area contributed by atoms with Crippen LogP contribution in [0.25, 0.3) is 5.57 Å². The van der Waals surface area contributed by atoms with Gasteiger partial charge in [0.2, 0.25) is 0 Å². The van der Waals surface area contributed by atoms with Crippen LogP contribution in [0.4, 0.5) is 4.32 Å². The van der Waals surface area contributed by atoms with Gasteiger partial charge < -0.3 is 0 Å². The SMILES string of the molecule is FB1n2cccc2C(c2cccs2)=C2C=CC=[N+]12. The summed E-state index contributed by atoms with van der Waals surface area (Å²) in [5, 5.41) is 2.05. The summed E-state index contributed by atoms with van der Waals surface area (Å²) >= 11 is 1.68. The van der Waals surface area contributed by atoms with Gasteiger partial charge in [-0.1, -0.05) is 6.07 Å². The molecule has 2 aromatic rings. The van der Waals surface area contributed by atoms with Crippen molar-refractivity contribution in [1.29, 1.82) is 0 Å². The van der Waals surface area contributed by atoms with E-state index in [1.807, 2.05) is 35.7 Å². The van der Waals surface area contributed by atoms with Gasteiger partial charge in [0.15, 0.2) is 5.70 Å². The Morgan fingerprint density at radius 1 is 1.28 bits per heavy atom. The summed E-state index contributed by atoms with van der Waals surface area (Å²) in [6.45, 7) is 0. The standard InChI is InChI=1S/C13H9BFN2S/c15-14-16-7-1-4-10(16)13(12-6-3-9-18-12)11-5-2-8-17(11)14/h1-9H/q+1. The number of hydrogen-bond acceptors (Lipinski definition) is 1. The first-order chi connectivity index (χ1) is 8.86. The van der Waals surface area contributed by atoms with Crippen molar-refractivity contribution in [3.63, 3.8) is 0 Å². The lowest BCUT2D eigenvalue weighted by Gasteiger charge is -2.16. The van der Waals surface area contributed by atoms with Crippen molar-refractivity contribution in [1.82, 2.24) is 4.48 Å². The van der Waals surface area contributed by atoms with E-state index in [9.17, 15) is 4.32 Å². The molecule has 2 nitrogen and oxygen atoms in total. The second kappa shape index (κ2) is 3.56. The second-order valence-corrected chi connectivity index (χ2v) is 5.21. The minimum atomic E-state index is -1.15. The average Bonchev–Trinajstić information content (AvgIpc) is 3.11. The maximum Gasteiger partial charge on any atom is 0.845 e. The van der Waals surface area contributed by atoms with Crippen LogP contribution >= 0.6 is 11.3 Å². The quantitative estimate of drug-likeness (QED) is 0.692. The van der Waals surface area contributed by atoms with Gasteiger partial charge in [0.05, 0.1) is 11.3 Å². The summed E-state index contributed by atoms with van der Waals surface area (Å²) in [6.07, 6.45) is 7.44. The van der Waals surface area contributed by atoms with Crippen molar-refractivity contribution in [3.8, 4) is 0 Å². The molecule has 0 spiro atoms. The lowest BCUT2D eigenvalue weighted by molar-refractivity contribution is -0.329. The Morgan fingerprint density at radius 3 is 3.06 bits per heavy atom. The third-order valence-electron chi connectivity index (χ3n) is 3.30. The van der Waals surface area contributed by atoms with Crippen LogP contribution in [0.5, 0.6) is 0 Å². The van der Waals surface area contributed by atoms with Crippen molar-refractivity contribution in [2.75, 3.05) is 0 Å². The molecule has 4 heterocycles. The highest BCUT2D eigenvalue weighted by atomic mass is 32.1. The topological polar surface area (TPSA) is 7.94 Å². The molecule has 0 aromatic carbocycles. The molecule has 5 heteroatoms. The van der Waals surface area contributed by atoms with Crippen molar-refractivity contribution in [2.45, 2.75) is 0 Å². The fourth-order valence-electron chi connectivity index (χ4n) is 2.52. The van der Waals surface area contributed by atoms with Crippen LogP contribution in [-0.2, 0) is 0 Å². The highest BCUT2D eigenvalue weighted by molar-refractivity contribution is 7.11. The summed E-state index contributed by atoms with van der Waals surface area (Å²) in [6, 6.07) is 7.96. The van der Waals surface area contributed by atoms with Gasteiger partial charge in [-0.15, -0.1) is 11.3 Å². The molecule has 0 saturated carbocycles. The summed E-state index contributed by atoms with van der Waals surface area (Å²) in [5.41, 5.74) is 2.99. The van der Waals surface area contributed by atoms with Gasteiger partial charge in [0.25, 0.3) is 0 Å². The van der Waals surface area contributed by atoms with Crippen LogP contribution in [0, 0.1) is 0 Å². The average molecular weight is 255 g/mol.